The fraction of sp³-hybridized carbons (Fsp3) is 0.412. The van der Waals surface area contributed by atoms with E-state index in [2.05, 4.69) is 25.6 Å². The van der Waals surface area contributed by atoms with Crippen molar-refractivity contribution in [2.45, 2.75) is 19.7 Å². The maximum Gasteiger partial charge on any atom is 0.573 e. The maximum atomic E-state index is 12.4. The Hall–Kier alpha value is -3.11. The third-order valence-corrected chi connectivity index (χ3v) is 4.39. The van der Waals surface area contributed by atoms with Gasteiger partial charge >= 0.3 is 12.4 Å². The summed E-state index contributed by atoms with van der Waals surface area (Å²) in [7, 11) is 1.63. The third kappa shape index (κ3) is 4.99. The molecule has 8 nitrogen and oxygen atoms in total. The minimum Gasteiger partial charge on any atom is -0.406 e. The second-order valence-corrected chi connectivity index (χ2v) is 6.49. The van der Waals surface area contributed by atoms with Crippen molar-refractivity contribution in [2.75, 3.05) is 18.4 Å². The molecule has 2 aromatic rings. The number of aryl methyl sites for hydroxylation is 1. The molecular formula is C17H19F3N6O2. The number of nitrogens with one attached hydrogen (secondary N) is 1. The SMILES string of the molecule is CC1CN(C(=O)Nc2nnnn2C)CC/C1=C\c1ccc(OC(F)(F)F)cc1. The number of rotatable bonds is 3. The van der Waals surface area contributed by atoms with Crippen molar-refractivity contribution in [2.24, 2.45) is 13.0 Å². The summed E-state index contributed by atoms with van der Waals surface area (Å²) in [6.07, 6.45) is -2.11. The Labute approximate surface area is 159 Å². The lowest BCUT2D eigenvalue weighted by atomic mass is 9.91. The second-order valence-electron chi connectivity index (χ2n) is 6.49. The van der Waals surface area contributed by atoms with Crippen molar-refractivity contribution < 1.29 is 22.7 Å². The summed E-state index contributed by atoms with van der Waals surface area (Å²) >= 11 is 0. The molecule has 1 unspecified atom stereocenters. The predicted molar refractivity (Wildman–Crippen MR) is 94.3 cm³/mol. The quantitative estimate of drug-likeness (QED) is 0.862. The standard InChI is InChI=1S/C17H19F3N6O2/c1-11-10-26(16(27)21-15-22-23-24-25(15)2)8-7-13(11)9-12-3-5-14(6-4-12)28-17(18,19)20/h3-6,9,11H,7-8,10H2,1-2H3,(H,21,22,24,27)/b13-9+. The highest BCUT2D eigenvalue weighted by Gasteiger charge is 2.31. The monoisotopic (exact) mass is 396 g/mol. The number of urea groups is 1. The van der Waals surface area contributed by atoms with Gasteiger partial charge in [0.05, 0.1) is 0 Å². The van der Waals surface area contributed by atoms with E-state index in [0.29, 0.717) is 19.5 Å². The summed E-state index contributed by atoms with van der Waals surface area (Å²) in [5.74, 6) is 0.107. The van der Waals surface area contributed by atoms with Crippen LogP contribution in [0.25, 0.3) is 6.08 Å². The zero-order chi connectivity index (χ0) is 20.3. The molecule has 28 heavy (non-hydrogen) atoms. The summed E-state index contributed by atoms with van der Waals surface area (Å²) in [6.45, 7) is 3.02. The summed E-state index contributed by atoms with van der Waals surface area (Å²) in [5.41, 5.74) is 1.90. The van der Waals surface area contributed by atoms with Gasteiger partial charge in [-0.3, -0.25) is 5.32 Å². The number of likely N-dealkylation sites (tertiary alicyclic amines) is 1. The predicted octanol–water partition coefficient (Wildman–Crippen LogP) is 3.07. The van der Waals surface area contributed by atoms with E-state index < -0.39 is 6.36 Å². The number of carbonyl (C=O) groups is 1. The van der Waals surface area contributed by atoms with Crippen LogP contribution in [0, 0.1) is 5.92 Å². The number of tetrazole rings is 1. The van der Waals surface area contributed by atoms with Gasteiger partial charge in [0.1, 0.15) is 5.75 Å². The zero-order valence-corrected chi connectivity index (χ0v) is 15.3. The van der Waals surface area contributed by atoms with Crippen LogP contribution >= 0.6 is 0 Å². The van der Waals surface area contributed by atoms with E-state index in [1.54, 1.807) is 24.1 Å². The van der Waals surface area contributed by atoms with E-state index in [1.807, 2.05) is 13.0 Å². The number of anilines is 1. The molecule has 1 atom stereocenters. The average molecular weight is 396 g/mol. The van der Waals surface area contributed by atoms with Crippen LogP contribution in [0.3, 0.4) is 0 Å². The average Bonchev–Trinajstić information content (AvgIpc) is 3.02. The van der Waals surface area contributed by atoms with Crippen LogP contribution in [0.2, 0.25) is 0 Å². The summed E-state index contributed by atoms with van der Waals surface area (Å²) < 4.78 is 41.9. The Balaban J connectivity index is 1.60. The van der Waals surface area contributed by atoms with E-state index in [4.69, 9.17) is 0 Å². The highest BCUT2D eigenvalue weighted by Crippen LogP contribution is 2.27. The van der Waals surface area contributed by atoms with Gasteiger partial charge in [-0.25, -0.2) is 9.48 Å². The lowest BCUT2D eigenvalue weighted by molar-refractivity contribution is -0.274. The summed E-state index contributed by atoms with van der Waals surface area (Å²) in [4.78, 5) is 14.0. The van der Waals surface area contributed by atoms with Crippen LogP contribution in [-0.4, -0.2) is 50.6 Å². The van der Waals surface area contributed by atoms with Crippen LogP contribution < -0.4 is 10.1 Å². The topological polar surface area (TPSA) is 85.2 Å². The van der Waals surface area contributed by atoms with Crippen molar-refractivity contribution in [3.8, 4) is 5.75 Å². The number of benzene rings is 1. The van der Waals surface area contributed by atoms with Gasteiger partial charge in [0.2, 0.25) is 0 Å². The highest BCUT2D eigenvalue weighted by molar-refractivity contribution is 5.87. The molecule has 0 bridgehead atoms. The van der Waals surface area contributed by atoms with E-state index in [1.165, 1.54) is 16.8 Å². The van der Waals surface area contributed by atoms with Gasteiger partial charge in [-0.1, -0.05) is 35.8 Å². The molecule has 1 aromatic carbocycles. The van der Waals surface area contributed by atoms with Gasteiger partial charge < -0.3 is 9.64 Å². The minimum absolute atomic E-state index is 0.100. The molecular weight excluding hydrogens is 377 g/mol. The van der Waals surface area contributed by atoms with Crippen LogP contribution in [0.1, 0.15) is 18.9 Å². The second kappa shape index (κ2) is 7.87. The van der Waals surface area contributed by atoms with Crippen molar-refractivity contribution in [1.82, 2.24) is 25.1 Å². The molecule has 1 N–H and O–H groups in total. The van der Waals surface area contributed by atoms with Gasteiger partial charge in [-0.2, -0.15) is 0 Å². The molecule has 1 aliphatic heterocycles. The van der Waals surface area contributed by atoms with Gasteiger partial charge in [-0.15, -0.1) is 13.2 Å². The molecule has 150 valence electrons. The molecule has 2 heterocycles. The Morgan fingerprint density at radius 1 is 1.32 bits per heavy atom. The fourth-order valence-corrected chi connectivity index (χ4v) is 2.94. The maximum absolute atomic E-state index is 12.4. The molecule has 1 saturated heterocycles. The third-order valence-electron chi connectivity index (χ3n) is 4.39. The van der Waals surface area contributed by atoms with Crippen LogP contribution in [0.4, 0.5) is 23.9 Å². The van der Waals surface area contributed by atoms with Crippen LogP contribution in [-0.2, 0) is 7.05 Å². The number of alkyl halides is 3. The molecule has 0 spiro atoms. The Morgan fingerprint density at radius 2 is 2.04 bits per heavy atom. The highest BCUT2D eigenvalue weighted by atomic mass is 19.4. The number of aromatic nitrogens is 4. The number of amides is 2. The molecule has 3 rings (SSSR count). The van der Waals surface area contributed by atoms with E-state index in [-0.39, 0.29) is 23.6 Å². The van der Waals surface area contributed by atoms with E-state index in [9.17, 15) is 18.0 Å². The lowest BCUT2D eigenvalue weighted by Gasteiger charge is -2.33. The molecule has 0 radical (unpaired) electrons. The van der Waals surface area contributed by atoms with Crippen LogP contribution in [0.15, 0.2) is 29.8 Å². The molecule has 0 aliphatic carbocycles. The first kappa shape index (κ1) is 19.6. The van der Waals surface area contributed by atoms with Crippen LogP contribution in [0.5, 0.6) is 5.75 Å². The van der Waals surface area contributed by atoms with E-state index in [0.717, 1.165) is 11.1 Å². The number of carbonyl (C=O) groups excluding carboxylic acids is 1. The zero-order valence-electron chi connectivity index (χ0n) is 15.3. The molecule has 11 heteroatoms. The number of piperidine rings is 1. The van der Waals surface area contributed by atoms with Crippen molar-refractivity contribution in [3.63, 3.8) is 0 Å². The van der Waals surface area contributed by atoms with Gasteiger partial charge in [-0.05, 0) is 40.5 Å². The molecule has 1 fully saturated rings. The lowest BCUT2D eigenvalue weighted by Crippen LogP contribution is -2.42. The van der Waals surface area contributed by atoms with E-state index >= 15 is 0 Å². The first-order valence-electron chi connectivity index (χ1n) is 8.56. The molecule has 2 amide bonds. The number of ether oxygens (including phenoxy) is 1. The molecule has 1 aliphatic rings. The number of nitrogens with zero attached hydrogens (tertiary/aromatic N) is 5. The molecule has 0 saturated carbocycles. The minimum atomic E-state index is -4.71. The normalized spacial score (nSPS) is 19.0. The van der Waals surface area contributed by atoms with Gasteiger partial charge in [0.25, 0.3) is 5.95 Å². The first-order chi connectivity index (χ1) is 13.2. The summed E-state index contributed by atoms with van der Waals surface area (Å²) in [5, 5.41) is 13.5. The van der Waals surface area contributed by atoms with Gasteiger partial charge in [0, 0.05) is 20.1 Å². The first-order valence-corrected chi connectivity index (χ1v) is 8.56. The van der Waals surface area contributed by atoms with Crippen molar-refractivity contribution in [3.05, 3.63) is 35.4 Å². The molecule has 1 aromatic heterocycles. The van der Waals surface area contributed by atoms with Crippen molar-refractivity contribution in [1.29, 1.82) is 0 Å². The Kier molecular flexibility index (Phi) is 5.52. The largest absolute Gasteiger partial charge is 0.573 e. The fourth-order valence-electron chi connectivity index (χ4n) is 2.94. The number of hydrogen-bond donors (Lipinski definition) is 1. The Morgan fingerprint density at radius 3 is 2.61 bits per heavy atom. The summed E-state index contributed by atoms with van der Waals surface area (Å²) in [6, 6.07) is 5.42. The number of halogens is 3. The number of hydrogen-bond acceptors (Lipinski definition) is 5. The van der Waals surface area contributed by atoms with Crippen molar-refractivity contribution >= 4 is 18.1 Å². The Bertz CT molecular complexity index is 863. The smallest absolute Gasteiger partial charge is 0.406 e. The van der Waals surface area contributed by atoms with Gasteiger partial charge in [0.15, 0.2) is 0 Å².